The van der Waals surface area contributed by atoms with Crippen molar-refractivity contribution in [3.63, 3.8) is 0 Å². The van der Waals surface area contributed by atoms with Gasteiger partial charge in [-0.25, -0.2) is 8.78 Å². The Balaban J connectivity index is 2.98. The first-order chi connectivity index (χ1) is 6.85. The lowest BCUT2D eigenvalue weighted by Crippen LogP contribution is -2.30. The van der Waals surface area contributed by atoms with Gasteiger partial charge in [-0.15, -0.1) is 0 Å². The molecule has 0 amide bonds. The number of alkyl halides is 2. The summed E-state index contributed by atoms with van der Waals surface area (Å²) in [6.45, 7) is 3.17. The molecule has 1 aromatic carbocycles. The molecule has 84 valence electrons. The minimum Gasteiger partial charge on any atom is -0.325 e. The van der Waals surface area contributed by atoms with Crippen molar-refractivity contribution < 1.29 is 8.78 Å². The van der Waals surface area contributed by atoms with Crippen molar-refractivity contribution in [2.24, 2.45) is 5.73 Å². The van der Waals surface area contributed by atoms with Crippen LogP contribution in [0.5, 0.6) is 0 Å². The van der Waals surface area contributed by atoms with Gasteiger partial charge in [0.2, 0.25) is 0 Å². The zero-order chi connectivity index (χ0) is 11.6. The van der Waals surface area contributed by atoms with Crippen LogP contribution in [0.1, 0.15) is 16.7 Å². The maximum atomic E-state index is 13.1. The molecule has 0 fully saturated rings. The molecule has 0 saturated heterocycles. The largest absolute Gasteiger partial charge is 0.325 e. The van der Waals surface area contributed by atoms with Crippen LogP contribution in [0.3, 0.4) is 0 Å². The third kappa shape index (κ3) is 3.24. The monoisotopic (exact) mass is 277 g/mol. The number of halogens is 3. The van der Waals surface area contributed by atoms with Crippen molar-refractivity contribution in [1.29, 1.82) is 0 Å². The molecule has 0 aliphatic rings. The molecular formula is C11H14BrF2N. The standard InChI is InChI=1S/C11H14BrF2N/c1-7-3-9(4-8(2)10(7)12)5-11(13,14)6-15/h3-4H,5-6,15H2,1-2H3. The molecule has 0 heterocycles. The van der Waals surface area contributed by atoms with E-state index in [9.17, 15) is 8.78 Å². The van der Waals surface area contributed by atoms with Gasteiger partial charge in [0.05, 0.1) is 6.54 Å². The minimum absolute atomic E-state index is 0.293. The van der Waals surface area contributed by atoms with Crippen LogP contribution in [-0.2, 0) is 6.42 Å². The Kier molecular flexibility index (Phi) is 3.84. The highest BCUT2D eigenvalue weighted by Crippen LogP contribution is 2.26. The first-order valence-corrected chi connectivity index (χ1v) is 5.48. The van der Waals surface area contributed by atoms with Crippen LogP contribution in [0.2, 0.25) is 0 Å². The molecule has 4 heteroatoms. The van der Waals surface area contributed by atoms with Crippen LogP contribution in [0, 0.1) is 13.8 Å². The van der Waals surface area contributed by atoms with E-state index in [-0.39, 0.29) is 6.42 Å². The molecule has 15 heavy (non-hydrogen) atoms. The fraction of sp³-hybridized carbons (Fsp3) is 0.455. The Bertz CT molecular complexity index is 341. The van der Waals surface area contributed by atoms with Gasteiger partial charge in [0.15, 0.2) is 0 Å². The summed E-state index contributed by atoms with van der Waals surface area (Å²) in [4.78, 5) is 0. The van der Waals surface area contributed by atoms with E-state index in [1.54, 1.807) is 12.1 Å². The Hall–Kier alpha value is -0.480. The van der Waals surface area contributed by atoms with Gasteiger partial charge in [-0.2, -0.15) is 0 Å². The fourth-order valence-corrected chi connectivity index (χ4v) is 1.74. The predicted molar refractivity (Wildman–Crippen MR) is 61.3 cm³/mol. The zero-order valence-electron chi connectivity index (χ0n) is 8.78. The molecule has 0 spiro atoms. The second-order valence-electron chi connectivity index (χ2n) is 3.78. The van der Waals surface area contributed by atoms with Crippen molar-refractivity contribution in [3.8, 4) is 0 Å². The quantitative estimate of drug-likeness (QED) is 0.902. The van der Waals surface area contributed by atoms with Crippen LogP contribution < -0.4 is 5.73 Å². The van der Waals surface area contributed by atoms with Gasteiger partial charge in [-0.05, 0) is 30.5 Å². The summed E-state index contributed by atoms with van der Waals surface area (Å²) >= 11 is 3.40. The third-order valence-corrected chi connectivity index (χ3v) is 3.51. The molecule has 1 aromatic rings. The maximum Gasteiger partial charge on any atom is 0.264 e. The first kappa shape index (κ1) is 12.6. The van der Waals surface area contributed by atoms with Gasteiger partial charge in [-0.1, -0.05) is 28.1 Å². The average molecular weight is 278 g/mol. The van der Waals surface area contributed by atoms with Crippen LogP contribution in [0.15, 0.2) is 16.6 Å². The van der Waals surface area contributed by atoms with Gasteiger partial charge in [0.1, 0.15) is 0 Å². The lowest BCUT2D eigenvalue weighted by Gasteiger charge is -2.15. The first-order valence-electron chi connectivity index (χ1n) is 4.69. The van der Waals surface area contributed by atoms with E-state index in [0.717, 1.165) is 15.6 Å². The highest BCUT2D eigenvalue weighted by atomic mass is 79.9. The Morgan fingerprint density at radius 1 is 1.27 bits per heavy atom. The maximum absolute atomic E-state index is 13.1. The van der Waals surface area contributed by atoms with E-state index in [1.807, 2.05) is 13.8 Å². The second kappa shape index (κ2) is 4.58. The molecule has 0 bridgehead atoms. The molecule has 2 N–H and O–H groups in total. The summed E-state index contributed by atoms with van der Waals surface area (Å²) in [5.74, 6) is -2.81. The fourth-order valence-electron chi connectivity index (χ4n) is 1.51. The molecule has 0 radical (unpaired) electrons. The molecule has 0 aliphatic carbocycles. The lowest BCUT2D eigenvalue weighted by molar-refractivity contribution is 0.0115. The predicted octanol–water partition coefficient (Wildman–Crippen LogP) is 3.20. The van der Waals surface area contributed by atoms with Gasteiger partial charge >= 0.3 is 0 Å². The summed E-state index contributed by atoms with van der Waals surface area (Å²) in [7, 11) is 0. The topological polar surface area (TPSA) is 26.0 Å². The van der Waals surface area contributed by atoms with E-state index in [4.69, 9.17) is 5.73 Å². The van der Waals surface area contributed by atoms with Crippen LogP contribution in [-0.4, -0.2) is 12.5 Å². The van der Waals surface area contributed by atoms with Crippen molar-refractivity contribution in [2.45, 2.75) is 26.2 Å². The minimum atomic E-state index is -2.81. The van der Waals surface area contributed by atoms with E-state index in [1.165, 1.54) is 0 Å². The van der Waals surface area contributed by atoms with Crippen LogP contribution in [0.4, 0.5) is 8.78 Å². The SMILES string of the molecule is Cc1cc(CC(F)(F)CN)cc(C)c1Br. The number of aryl methyl sites for hydroxylation is 2. The van der Waals surface area contributed by atoms with Crippen molar-refractivity contribution >= 4 is 15.9 Å². The van der Waals surface area contributed by atoms with Gasteiger partial charge in [0.25, 0.3) is 5.92 Å². The molecule has 0 aromatic heterocycles. The molecule has 0 saturated carbocycles. The number of nitrogens with two attached hydrogens (primary N) is 1. The smallest absolute Gasteiger partial charge is 0.264 e. The zero-order valence-corrected chi connectivity index (χ0v) is 10.4. The van der Waals surface area contributed by atoms with E-state index < -0.39 is 12.5 Å². The summed E-state index contributed by atoms with van der Waals surface area (Å²) in [6, 6.07) is 3.53. The van der Waals surface area contributed by atoms with E-state index >= 15 is 0 Å². The summed E-state index contributed by atoms with van der Waals surface area (Å²) < 4.78 is 27.1. The van der Waals surface area contributed by atoms with Gasteiger partial charge in [-0.3, -0.25) is 0 Å². The second-order valence-corrected chi connectivity index (χ2v) is 4.57. The number of benzene rings is 1. The lowest BCUT2D eigenvalue weighted by atomic mass is 10.0. The van der Waals surface area contributed by atoms with Gasteiger partial charge < -0.3 is 5.73 Å². The van der Waals surface area contributed by atoms with Crippen LogP contribution >= 0.6 is 15.9 Å². The van der Waals surface area contributed by atoms with Crippen molar-refractivity contribution in [2.75, 3.05) is 6.54 Å². The van der Waals surface area contributed by atoms with E-state index in [2.05, 4.69) is 15.9 Å². The third-order valence-electron chi connectivity index (χ3n) is 2.26. The number of hydrogen-bond acceptors (Lipinski definition) is 1. The molecule has 0 unspecified atom stereocenters. The van der Waals surface area contributed by atoms with Gasteiger partial charge in [0, 0.05) is 10.9 Å². The Labute approximate surface area is 96.8 Å². The average Bonchev–Trinajstić information content (AvgIpc) is 2.13. The Morgan fingerprint density at radius 3 is 2.13 bits per heavy atom. The van der Waals surface area contributed by atoms with Crippen LogP contribution in [0.25, 0.3) is 0 Å². The molecule has 1 nitrogen and oxygen atoms in total. The van der Waals surface area contributed by atoms with Crippen molar-refractivity contribution in [3.05, 3.63) is 33.3 Å². The highest BCUT2D eigenvalue weighted by Gasteiger charge is 2.27. The normalized spacial score (nSPS) is 11.9. The number of hydrogen-bond donors (Lipinski definition) is 1. The molecule has 1 rings (SSSR count). The van der Waals surface area contributed by atoms with Crippen molar-refractivity contribution in [1.82, 2.24) is 0 Å². The van der Waals surface area contributed by atoms with E-state index in [0.29, 0.717) is 5.56 Å². The number of rotatable bonds is 3. The Morgan fingerprint density at radius 2 is 1.73 bits per heavy atom. The summed E-state index contributed by atoms with van der Waals surface area (Å²) in [5, 5.41) is 0. The molecule has 0 aliphatic heterocycles. The summed E-state index contributed by atoms with van der Waals surface area (Å²) in [6.07, 6.45) is -0.293. The summed E-state index contributed by atoms with van der Waals surface area (Å²) in [5.41, 5.74) is 7.57. The molecular weight excluding hydrogens is 264 g/mol. The highest BCUT2D eigenvalue weighted by molar-refractivity contribution is 9.10. The molecule has 0 atom stereocenters.